The Kier molecular flexibility index (Phi) is 2.52. The predicted molar refractivity (Wildman–Crippen MR) is 66.4 cm³/mol. The summed E-state index contributed by atoms with van der Waals surface area (Å²) >= 11 is 0. The number of aromatic carboxylic acids is 1. The molecule has 0 atom stereocenters. The molecular formula is C14H8FNO3. The van der Waals surface area contributed by atoms with Gasteiger partial charge in [-0.05, 0) is 24.3 Å². The Labute approximate surface area is 107 Å². The van der Waals surface area contributed by atoms with Gasteiger partial charge < -0.3 is 9.52 Å². The second-order valence-corrected chi connectivity index (χ2v) is 4.01. The van der Waals surface area contributed by atoms with Gasteiger partial charge in [-0.3, -0.25) is 4.98 Å². The van der Waals surface area contributed by atoms with Gasteiger partial charge in [-0.25, -0.2) is 9.18 Å². The van der Waals surface area contributed by atoms with Gasteiger partial charge in [0.2, 0.25) is 0 Å². The molecule has 19 heavy (non-hydrogen) atoms. The number of hydrogen-bond donors (Lipinski definition) is 1. The van der Waals surface area contributed by atoms with E-state index in [1.807, 2.05) is 0 Å². The maximum Gasteiger partial charge on any atom is 0.337 e. The Morgan fingerprint density at radius 2 is 2.11 bits per heavy atom. The molecule has 2 heterocycles. The summed E-state index contributed by atoms with van der Waals surface area (Å²) in [6.45, 7) is 0. The van der Waals surface area contributed by atoms with E-state index < -0.39 is 11.8 Å². The van der Waals surface area contributed by atoms with Crippen molar-refractivity contribution in [3.05, 3.63) is 54.0 Å². The second kappa shape index (κ2) is 4.20. The molecule has 0 fully saturated rings. The molecule has 94 valence electrons. The molecule has 2 aromatic heterocycles. The lowest BCUT2D eigenvalue weighted by Crippen LogP contribution is -1.96. The number of para-hydroxylation sites is 1. The van der Waals surface area contributed by atoms with Crippen LogP contribution in [0.15, 0.2) is 47.0 Å². The number of benzene rings is 1. The van der Waals surface area contributed by atoms with Gasteiger partial charge in [-0.2, -0.15) is 0 Å². The fraction of sp³-hybridized carbons (Fsp3) is 0. The zero-order valence-electron chi connectivity index (χ0n) is 9.63. The molecule has 0 radical (unpaired) electrons. The van der Waals surface area contributed by atoms with Gasteiger partial charge in [0.05, 0.1) is 5.56 Å². The first-order valence-corrected chi connectivity index (χ1v) is 5.53. The van der Waals surface area contributed by atoms with Crippen molar-refractivity contribution in [2.24, 2.45) is 0 Å². The predicted octanol–water partition coefficient (Wildman–Crippen LogP) is 3.33. The SMILES string of the molecule is O=C(O)c1ccc(-c2cc3cccc(F)c3o2)nc1. The molecule has 1 aromatic carbocycles. The summed E-state index contributed by atoms with van der Waals surface area (Å²) in [7, 11) is 0. The molecule has 0 aliphatic rings. The van der Waals surface area contributed by atoms with Crippen molar-refractivity contribution in [1.29, 1.82) is 0 Å². The molecule has 1 N–H and O–H groups in total. The van der Waals surface area contributed by atoms with Crippen molar-refractivity contribution in [2.45, 2.75) is 0 Å². The minimum absolute atomic E-state index is 0.0889. The highest BCUT2D eigenvalue weighted by atomic mass is 19.1. The highest BCUT2D eigenvalue weighted by molar-refractivity contribution is 5.88. The number of halogens is 1. The van der Waals surface area contributed by atoms with Crippen LogP contribution in [0.4, 0.5) is 4.39 Å². The summed E-state index contributed by atoms with van der Waals surface area (Å²) in [5, 5.41) is 9.42. The zero-order valence-corrected chi connectivity index (χ0v) is 9.63. The lowest BCUT2D eigenvalue weighted by Gasteiger charge is -1.96. The summed E-state index contributed by atoms with van der Waals surface area (Å²) in [6, 6.07) is 9.26. The molecule has 0 aliphatic heterocycles. The number of rotatable bonds is 2. The number of furan rings is 1. The van der Waals surface area contributed by atoms with Gasteiger partial charge in [-0.1, -0.05) is 12.1 Å². The number of carboxylic acids is 1. The van der Waals surface area contributed by atoms with Crippen LogP contribution in [-0.4, -0.2) is 16.1 Å². The lowest BCUT2D eigenvalue weighted by atomic mass is 10.2. The average Bonchev–Trinajstić information content (AvgIpc) is 2.84. The first-order valence-electron chi connectivity index (χ1n) is 5.53. The van der Waals surface area contributed by atoms with Crippen LogP contribution in [0.5, 0.6) is 0 Å². The highest BCUT2D eigenvalue weighted by Crippen LogP contribution is 2.28. The Balaban J connectivity index is 2.09. The Hall–Kier alpha value is -2.69. The molecule has 0 amide bonds. The summed E-state index contributed by atoms with van der Waals surface area (Å²) in [5.41, 5.74) is 0.716. The number of pyridine rings is 1. The van der Waals surface area contributed by atoms with Gasteiger partial charge in [0, 0.05) is 11.6 Å². The van der Waals surface area contributed by atoms with Gasteiger partial charge >= 0.3 is 5.97 Å². The van der Waals surface area contributed by atoms with E-state index in [0.717, 1.165) is 0 Å². The number of nitrogens with zero attached hydrogens (tertiary/aromatic N) is 1. The number of carbonyl (C=O) groups is 1. The Morgan fingerprint density at radius 3 is 2.74 bits per heavy atom. The normalized spacial score (nSPS) is 10.8. The lowest BCUT2D eigenvalue weighted by molar-refractivity contribution is 0.0696. The molecule has 0 saturated carbocycles. The summed E-state index contributed by atoms with van der Waals surface area (Å²) < 4.78 is 18.9. The van der Waals surface area contributed by atoms with Crippen molar-refractivity contribution in [3.63, 3.8) is 0 Å². The largest absolute Gasteiger partial charge is 0.478 e. The van der Waals surface area contributed by atoms with Crippen molar-refractivity contribution in [3.8, 4) is 11.5 Å². The topological polar surface area (TPSA) is 63.3 Å². The molecule has 0 aliphatic carbocycles. The molecule has 3 rings (SSSR count). The maximum atomic E-state index is 13.5. The fourth-order valence-electron chi connectivity index (χ4n) is 1.82. The van der Waals surface area contributed by atoms with Crippen LogP contribution in [-0.2, 0) is 0 Å². The summed E-state index contributed by atoms with van der Waals surface area (Å²) in [4.78, 5) is 14.7. The van der Waals surface area contributed by atoms with Crippen LogP contribution in [0.2, 0.25) is 0 Å². The fourth-order valence-corrected chi connectivity index (χ4v) is 1.82. The molecule has 5 heteroatoms. The first-order chi connectivity index (χ1) is 9.15. The van der Waals surface area contributed by atoms with E-state index >= 15 is 0 Å². The quantitative estimate of drug-likeness (QED) is 0.764. The monoisotopic (exact) mass is 257 g/mol. The molecule has 0 saturated heterocycles. The number of aromatic nitrogens is 1. The molecule has 0 unspecified atom stereocenters. The van der Waals surface area contributed by atoms with Gasteiger partial charge in [0.15, 0.2) is 17.2 Å². The van der Waals surface area contributed by atoms with Crippen molar-refractivity contribution in [1.82, 2.24) is 4.98 Å². The van der Waals surface area contributed by atoms with Gasteiger partial charge in [-0.15, -0.1) is 0 Å². The van der Waals surface area contributed by atoms with Gasteiger partial charge in [0.25, 0.3) is 0 Å². The van der Waals surface area contributed by atoms with Crippen molar-refractivity contribution < 1.29 is 18.7 Å². The smallest absolute Gasteiger partial charge is 0.337 e. The van der Waals surface area contributed by atoms with E-state index in [4.69, 9.17) is 9.52 Å². The van der Waals surface area contributed by atoms with E-state index in [1.165, 1.54) is 24.4 Å². The molecular weight excluding hydrogens is 249 g/mol. The number of carboxylic acid groups (broad SMARTS) is 1. The Morgan fingerprint density at radius 1 is 1.26 bits per heavy atom. The third kappa shape index (κ3) is 1.95. The minimum atomic E-state index is -1.05. The van der Waals surface area contributed by atoms with Crippen LogP contribution < -0.4 is 0 Å². The molecule has 0 bridgehead atoms. The van der Waals surface area contributed by atoms with E-state index in [1.54, 1.807) is 18.2 Å². The van der Waals surface area contributed by atoms with E-state index in [0.29, 0.717) is 16.8 Å². The maximum absolute atomic E-state index is 13.5. The second-order valence-electron chi connectivity index (χ2n) is 4.01. The number of fused-ring (bicyclic) bond motifs is 1. The van der Waals surface area contributed by atoms with Crippen LogP contribution in [0.1, 0.15) is 10.4 Å². The van der Waals surface area contributed by atoms with Crippen molar-refractivity contribution in [2.75, 3.05) is 0 Å². The Bertz CT molecular complexity index is 762. The van der Waals surface area contributed by atoms with Crippen LogP contribution >= 0.6 is 0 Å². The average molecular weight is 257 g/mol. The highest BCUT2D eigenvalue weighted by Gasteiger charge is 2.11. The van der Waals surface area contributed by atoms with Gasteiger partial charge in [0.1, 0.15) is 5.69 Å². The summed E-state index contributed by atoms with van der Waals surface area (Å²) in [5.74, 6) is -1.09. The van der Waals surface area contributed by atoms with E-state index in [9.17, 15) is 9.18 Å². The molecule has 4 nitrogen and oxygen atoms in total. The van der Waals surface area contributed by atoms with E-state index in [2.05, 4.69) is 4.98 Å². The zero-order chi connectivity index (χ0) is 13.4. The van der Waals surface area contributed by atoms with Crippen LogP contribution in [0.3, 0.4) is 0 Å². The van der Waals surface area contributed by atoms with Crippen molar-refractivity contribution >= 4 is 16.9 Å². The van der Waals surface area contributed by atoms with Crippen LogP contribution in [0.25, 0.3) is 22.4 Å². The third-order valence-electron chi connectivity index (χ3n) is 2.76. The van der Waals surface area contributed by atoms with E-state index in [-0.39, 0.29) is 11.1 Å². The standard InChI is InChI=1S/C14H8FNO3/c15-10-3-1-2-8-6-12(19-13(8)10)11-5-4-9(7-16-11)14(17)18/h1-7H,(H,17,18). The molecule has 3 aromatic rings. The molecule has 0 spiro atoms. The first kappa shape index (κ1) is 11.4. The summed E-state index contributed by atoms with van der Waals surface area (Å²) in [6.07, 6.45) is 1.24. The van der Waals surface area contributed by atoms with Crippen LogP contribution in [0, 0.1) is 5.82 Å². The number of hydrogen-bond acceptors (Lipinski definition) is 3. The minimum Gasteiger partial charge on any atom is -0.478 e. The third-order valence-corrected chi connectivity index (χ3v) is 2.76.